The van der Waals surface area contributed by atoms with Crippen LogP contribution in [0.1, 0.15) is 36.3 Å². The number of piperidine rings is 1. The first kappa shape index (κ1) is 17.6. The minimum absolute atomic E-state index is 0.0163. The Labute approximate surface area is 165 Å². The molecular weight excluding hydrogens is 352 g/mol. The summed E-state index contributed by atoms with van der Waals surface area (Å²) in [5, 5.41) is 0. The van der Waals surface area contributed by atoms with E-state index in [1.807, 2.05) is 11.1 Å². The van der Waals surface area contributed by atoms with Gasteiger partial charge in [-0.2, -0.15) is 0 Å². The zero-order valence-electron chi connectivity index (χ0n) is 16.1. The van der Waals surface area contributed by atoms with Gasteiger partial charge >= 0.3 is 0 Å². The predicted octanol–water partition coefficient (Wildman–Crippen LogP) is 2.36. The molecule has 1 aromatic carbocycles. The normalized spacial score (nSPS) is 23.6. The molecule has 2 aliphatic heterocycles. The first-order valence-corrected chi connectivity index (χ1v) is 10.2. The Morgan fingerprint density at radius 2 is 1.86 bits per heavy atom. The molecule has 0 radical (unpaired) electrons. The smallest absolute Gasteiger partial charge is 0.230 e. The highest BCUT2D eigenvalue weighted by Gasteiger charge is 2.48. The molecule has 0 bridgehead atoms. The van der Waals surface area contributed by atoms with Crippen LogP contribution in [0.5, 0.6) is 0 Å². The fraction of sp³-hybridized carbons (Fsp3) is 0.500. The second-order valence-electron chi connectivity index (χ2n) is 8.11. The number of morpholine rings is 1. The van der Waals surface area contributed by atoms with Crippen molar-refractivity contribution in [2.24, 2.45) is 0 Å². The third-order valence-corrected chi connectivity index (χ3v) is 6.72. The van der Waals surface area contributed by atoms with Crippen LogP contribution < -0.4 is 4.90 Å². The summed E-state index contributed by atoms with van der Waals surface area (Å²) >= 11 is 0. The van der Waals surface area contributed by atoms with E-state index in [-0.39, 0.29) is 17.2 Å². The van der Waals surface area contributed by atoms with Crippen molar-refractivity contribution in [1.29, 1.82) is 0 Å². The maximum atomic E-state index is 13.3. The molecule has 1 amide bonds. The molecule has 28 heavy (non-hydrogen) atoms. The van der Waals surface area contributed by atoms with E-state index in [1.165, 1.54) is 11.1 Å². The summed E-state index contributed by atoms with van der Waals surface area (Å²) in [5.41, 5.74) is 2.73. The van der Waals surface area contributed by atoms with Gasteiger partial charge in [0.1, 0.15) is 5.82 Å². The number of amides is 1. The second-order valence-corrected chi connectivity index (χ2v) is 8.11. The molecule has 2 saturated heterocycles. The van der Waals surface area contributed by atoms with Crippen molar-refractivity contribution in [3.63, 3.8) is 0 Å². The van der Waals surface area contributed by atoms with Gasteiger partial charge in [0.25, 0.3) is 0 Å². The Morgan fingerprint density at radius 3 is 2.61 bits per heavy atom. The first-order valence-electron chi connectivity index (χ1n) is 10.2. The van der Waals surface area contributed by atoms with Gasteiger partial charge in [-0.3, -0.25) is 9.78 Å². The van der Waals surface area contributed by atoms with E-state index in [0.717, 1.165) is 38.2 Å². The number of rotatable bonds is 2. The molecule has 3 heterocycles. The lowest BCUT2D eigenvalue weighted by atomic mass is 9.73. The van der Waals surface area contributed by atoms with Crippen molar-refractivity contribution in [3.05, 3.63) is 54.0 Å². The molecule has 2 fully saturated rings. The predicted molar refractivity (Wildman–Crippen MR) is 106 cm³/mol. The number of ether oxygens (including phenoxy) is 1. The molecule has 1 atom stereocenters. The average molecular weight is 378 g/mol. The van der Waals surface area contributed by atoms with E-state index in [1.54, 1.807) is 12.4 Å². The van der Waals surface area contributed by atoms with Crippen LogP contribution in [-0.4, -0.2) is 60.2 Å². The van der Waals surface area contributed by atoms with Crippen LogP contribution in [-0.2, 0) is 14.9 Å². The van der Waals surface area contributed by atoms with Crippen molar-refractivity contribution >= 4 is 11.7 Å². The van der Waals surface area contributed by atoms with Gasteiger partial charge in [-0.25, -0.2) is 4.98 Å². The molecule has 6 heteroatoms. The van der Waals surface area contributed by atoms with E-state index in [2.05, 4.69) is 39.1 Å². The number of nitrogens with zero attached hydrogens (tertiary/aromatic N) is 4. The summed E-state index contributed by atoms with van der Waals surface area (Å²) in [6.45, 7) is 4.63. The van der Waals surface area contributed by atoms with Crippen LogP contribution in [0.15, 0.2) is 42.9 Å². The molecule has 0 unspecified atom stereocenters. The van der Waals surface area contributed by atoms with Crippen LogP contribution >= 0.6 is 0 Å². The van der Waals surface area contributed by atoms with Gasteiger partial charge in [-0.15, -0.1) is 0 Å². The lowest BCUT2D eigenvalue weighted by molar-refractivity contribution is -0.137. The van der Waals surface area contributed by atoms with Crippen LogP contribution in [0.2, 0.25) is 0 Å². The van der Waals surface area contributed by atoms with Crippen molar-refractivity contribution in [3.8, 4) is 0 Å². The zero-order valence-corrected chi connectivity index (χ0v) is 16.1. The Morgan fingerprint density at radius 1 is 1.07 bits per heavy atom. The molecule has 5 rings (SSSR count). The van der Waals surface area contributed by atoms with Crippen molar-refractivity contribution in [2.75, 3.05) is 44.3 Å². The quantitative estimate of drug-likeness (QED) is 0.803. The molecule has 1 aliphatic carbocycles. The fourth-order valence-corrected chi connectivity index (χ4v) is 5.21. The lowest BCUT2D eigenvalue weighted by Gasteiger charge is -2.41. The minimum Gasteiger partial charge on any atom is -0.378 e. The topological polar surface area (TPSA) is 58.6 Å². The fourth-order valence-electron chi connectivity index (χ4n) is 5.21. The van der Waals surface area contributed by atoms with E-state index >= 15 is 0 Å². The first-order chi connectivity index (χ1) is 13.8. The van der Waals surface area contributed by atoms with Crippen molar-refractivity contribution in [2.45, 2.75) is 30.6 Å². The highest BCUT2D eigenvalue weighted by atomic mass is 16.5. The van der Waals surface area contributed by atoms with E-state index in [4.69, 9.17) is 4.74 Å². The molecule has 0 N–H and O–H groups in total. The molecule has 6 nitrogen and oxygen atoms in total. The number of aromatic nitrogens is 2. The number of hydrogen-bond donors (Lipinski definition) is 0. The third-order valence-electron chi connectivity index (χ3n) is 6.72. The van der Waals surface area contributed by atoms with Gasteiger partial charge in [-0.05, 0) is 30.4 Å². The van der Waals surface area contributed by atoms with Crippen molar-refractivity contribution < 1.29 is 9.53 Å². The molecular formula is C22H26N4O2. The number of fused-ring (bicyclic) bond motifs is 2. The summed E-state index contributed by atoms with van der Waals surface area (Å²) in [5.74, 6) is 1.21. The molecule has 0 saturated carbocycles. The number of carbonyl (C=O) groups is 1. The summed E-state index contributed by atoms with van der Waals surface area (Å²) in [6.07, 6.45) is 8.33. The summed E-state index contributed by atoms with van der Waals surface area (Å²) < 4.78 is 5.44. The average Bonchev–Trinajstić information content (AvgIpc) is 3.09. The van der Waals surface area contributed by atoms with Gasteiger partial charge in [0.2, 0.25) is 5.91 Å². The number of benzene rings is 1. The highest BCUT2D eigenvalue weighted by Crippen LogP contribution is 2.52. The summed E-state index contributed by atoms with van der Waals surface area (Å²) in [6, 6.07) is 8.62. The Balaban J connectivity index is 1.38. The molecule has 2 aromatic rings. The van der Waals surface area contributed by atoms with Crippen LogP contribution in [0.4, 0.5) is 5.82 Å². The number of anilines is 1. The minimum atomic E-state index is -0.0163. The molecule has 1 aromatic heterocycles. The maximum absolute atomic E-state index is 13.3. The third kappa shape index (κ3) is 2.96. The van der Waals surface area contributed by atoms with E-state index in [9.17, 15) is 4.79 Å². The van der Waals surface area contributed by atoms with Crippen LogP contribution in [0.3, 0.4) is 0 Å². The molecule has 146 valence electrons. The highest BCUT2D eigenvalue weighted by molar-refractivity contribution is 5.86. The SMILES string of the molecule is O=C([C@@H]1CC2(CCN(c3cnccn3)CC2)c2ccccc21)N1CCOCC1. The second kappa shape index (κ2) is 7.17. The molecule has 3 aliphatic rings. The standard InChI is InChI=1S/C22H26N4O2/c27-21(26-11-13-28-14-12-26)18-15-22(19-4-2-1-3-17(18)19)5-9-25(10-6-22)20-16-23-7-8-24-20/h1-4,7-8,16,18H,5-6,9-15H2/t18-/m1/s1. The lowest BCUT2D eigenvalue weighted by Crippen LogP contribution is -2.44. The van der Waals surface area contributed by atoms with Crippen LogP contribution in [0.25, 0.3) is 0 Å². The van der Waals surface area contributed by atoms with Gasteiger partial charge in [0.15, 0.2) is 0 Å². The summed E-state index contributed by atoms with van der Waals surface area (Å²) in [7, 11) is 0. The monoisotopic (exact) mass is 378 g/mol. The number of hydrogen-bond acceptors (Lipinski definition) is 5. The maximum Gasteiger partial charge on any atom is 0.230 e. The van der Waals surface area contributed by atoms with E-state index in [0.29, 0.717) is 26.3 Å². The van der Waals surface area contributed by atoms with Gasteiger partial charge in [-0.1, -0.05) is 24.3 Å². The summed E-state index contributed by atoms with van der Waals surface area (Å²) in [4.78, 5) is 26.3. The Hall–Kier alpha value is -2.47. The Bertz CT molecular complexity index is 843. The van der Waals surface area contributed by atoms with Gasteiger partial charge < -0.3 is 14.5 Å². The van der Waals surface area contributed by atoms with E-state index < -0.39 is 0 Å². The van der Waals surface area contributed by atoms with Crippen molar-refractivity contribution in [1.82, 2.24) is 14.9 Å². The Kier molecular flexibility index (Phi) is 4.51. The zero-order chi connectivity index (χ0) is 19.0. The largest absolute Gasteiger partial charge is 0.378 e. The molecule has 1 spiro atoms. The van der Waals surface area contributed by atoms with Gasteiger partial charge in [0, 0.05) is 44.0 Å². The number of carbonyl (C=O) groups excluding carboxylic acids is 1. The van der Waals surface area contributed by atoms with Gasteiger partial charge in [0.05, 0.1) is 25.3 Å². The van der Waals surface area contributed by atoms with Crippen LogP contribution in [0, 0.1) is 0 Å².